The van der Waals surface area contributed by atoms with E-state index in [0.29, 0.717) is 11.1 Å². The third-order valence-corrected chi connectivity index (χ3v) is 5.25. The molecule has 3 N–H and O–H groups in total. The van der Waals surface area contributed by atoms with E-state index in [4.69, 9.17) is 0 Å². The van der Waals surface area contributed by atoms with Gasteiger partial charge in [-0.15, -0.1) is 0 Å². The lowest BCUT2D eigenvalue weighted by atomic mass is 10.2. The van der Waals surface area contributed by atoms with Crippen LogP contribution in [0, 0.1) is 6.92 Å². The second kappa shape index (κ2) is 10.6. The fraction of sp³-hybridized carbons (Fsp3) is 0.304. The van der Waals surface area contributed by atoms with Crippen LogP contribution in [-0.2, 0) is 16.1 Å². The van der Waals surface area contributed by atoms with Gasteiger partial charge in [0.2, 0.25) is 12.3 Å². The molecule has 2 heterocycles. The zero-order valence-corrected chi connectivity index (χ0v) is 18.5. The Hall–Kier alpha value is -3.92. The average molecular weight is 453 g/mol. The van der Waals surface area contributed by atoms with Crippen LogP contribution in [0.25, 0.3) is 6.08 Å². The number of carbonyl (C=O) groups excluding carboxylic acids is 2. The molecule has 1 aromatic carbocycles. The number of aliphatic hydroxyl groups excluding tert-OH is 1. The van der Waals surface area contributed by atoms with Crippen molar-refractivity contribution >= 4 is 17.9 Å². The molecule has 3 rings (SSSR count). The molecular formula is C23H27N5O5. The van der Waals surface area contributed by atoms with Crippen molar-refractivity contribution in [1.82, 2.24) is 24.7 Å². The van der Waals surface area contributed by atoms with Crippen LogP contribution in [0.2, 0.25) is 0 Å². The maximum Gasteiger partial charge on any atom is 0.328 e. The summed E-state index contributed by atoms with van der Waals surface area (Å²) in [5.74, 6) is -0.630. The Morgan fingerprint density at radius 1 is 1.12 bits per heavy atom. The molecule has 1 atom stereocenters. The van der Waals surface area contributed by atoms with E-state index in [1.807, 2.05) is 30.3 Å². The zero-order valence-electron chi connectivity index (χ0n) is 18.5. The first-order chi connectivity index (χ1) is 15.7. The zero-order chi connectivity index (χ0) is 24.0. The number of aromatic amines is 1. The topological polar surface area (TPSA) is 128 Å². The monoisotopic (exact) mass is 453 g/mol. The number of carbonyl (C=O) groups is 2. The number of benzene rings is 1. The Bertz CT molecular complexity index is 1180. The standard InChI is InChI=1S/C23H27N5O5/c1-16-14-27(22(32)24-20(16)30)12-10-26(19(29)9-8-18-6-4-3-5-7-18)11-13-28-15-17(2)21(31)25-23(28)33/h3-9,14-15,22,32H,10-13H2,1-2H3,(H,24,30)(H,25,31,33)/b9-8+. The minimum atomic E-state index is -1.19. The molecule has 2 aromatic rings. The molecule has 1 aliphatic heterocycles. The summed E-state index contributed by atoms with van der Waals surface area (Å²) >= 11 is 0. The summed E-state index contributed by atoms with van der Waals surface area (Å²) in [4.78, 5) is 53.6. The van der Waals surface area contributed by atoms with Gasteiger partial charge in [0.1, 0.15) is 0 Å². The van der Waals surface area contributed by atoms with Crippen LogP contribution < -0.4 is 16.6 Å². The van der Waals surface area contributed by atoms with E-state index < -0.39 is 17.6 Å². The maximum atomic E-state index is 12.9. The number of nitrogens with zero attached hydrogens (tertiary/aromatic N) is 3. The first-order valence-electron chi connectivity index (χ1n) is 10.5. The normalized spacial score (nSPS) is 16.0. The van der Waals surface area contributed by atoms with E-state index in [0.717, 1.165) is 5.56 Å². The molecule has 10 heteroatoms. The molecule has 1 aromatic heterocycles. The van der Waals surface area contributed by atoms with Crippen LogP contribution in [0.15, 0.2) is 64.0 Å². The fourth-order valence-electron chi connectivity index (χ4n) is 3.30. The second-order valence-electron chi connectivity index (χ2n) is 7.73. The molecule has 0 saturated carbocycles. The minimum absolute atomic E-state index is 0.176. The number of aromatic nitrogens is 2. The number of hydrogen-bond donors (Lipinski definition) is 3. The molecular weight excluding hydrogens is 426 g/mol. The molecule has 174 valence electrons. The number of aryl methyl sites for hydroxylation is 1. The summed E-state index contributed by atoms with van der Waals surface area (Å²) in [6.07, 6.45) is 4.96. The first-order valence-corrected chi connectivity index (χ1v) is 10.5. The van der Waals surface area contributed by atoms with Crippen molar-refractivity contribution in [3.63, 3.8) is 0 Å². The number of rotatable bonds is 8. The van der Waals surface area contributed by atoms with E-state index in [-0.39, 0.29) is 38.0 Å². The van der Waals surface area contributed by atoms with Gasteiger partial charge in [0.25, 0.3) is 11.5 Å². The van der Waals surface area contributed by atoms with Gasteiger partial charge in [0, 0.05) is 55.8 Å². The van der Waals surface area contributed by atoms with Crippen LogP contribution >= 0.6 is 0 Å². The Morgan fingerprint density at radius 2 is 1.82 bits per heavy atom. The SMILES string of the molecule is CC1=CN(CCN(CCn2cc(C)c(=O)[nH]c2=O)C(=O)/C=C/c2ccccc2)C(O)NC1=O. The molecule has 0 aliphatic carbocycles. The lowest BCUT2D eigenvalue weighted by Gasteiger charge is -2.33. The summed E-state index contributed by atoms with van der Waals surface area (Å²) in [7, 11) is 0. The Labute approximate surface area is 190 Å². The average Bonchev–Trinajstić information content (AvgIpc) is 2.79. The van der Waals surface area contributed by atoms with E-state index in [1.54, 1.807) is 31.0 Å². The highest BCUT2D eigenvalue weighted by molar-refractivity contribution is 5.93. The predicted octanol–water partition coefficient (Wildman–Crippen LogP) is -0.00148. The number of aliphatic hydroxyl groups is 1. The van der Waals surface area contributed by atoms with Gasteiger partial charge < -0.3 is 20.2 Å². The van der Waals surface area contributed by atoms with Crippen molar-refractivity contribution in [2.75, 3.05) is 19.6 Å². The van der Waals surface area contributed by atoms with Crippen molar-refractivity contribution in [3.05, 3.63) is 86.3 Å². The van der Waals surface area contributed by atoms with E-state index in [1.165, 1.54) is 21.7 Å². The molecule has 0 radical (unpaired) electrons. The highest BCUT2D eigenvalue weighted by atomic mass is 16.3. The Morgan fingerprint density at radius 3 is 2.55 bits per heavy atom. The number of nitrogens with one attached hydrogen (secondary N) is 2. The first kappa shape index (κ1) is 23.7. The minimum Gasteiger partial charge on any atom is -0.356 e. The quantitative estimate of drug-likeness (QED) is 0.483. The molecule has 1 aliphatic rings. The second-order valence-corrected chi connectivity index (χ2v) is 7.73. The van der Waals surface area contributed by atoms with Crippen molar-refractivity contribution < 1.29 is 14.7 Å². The van der Waals surface area contributed by atoms with Crippen molar-refractivity contribution in [2.45, 2.75) is 26.7 Å². The van der Waals surface area contributed by atoms with Crippen LogP contribution in [0.4, 0.5) is 0 Å². The Balaban J connectivity index is 1.75. The summed E-state index contributed by atoms with van der Waals surface area (Å²) < 4.78 is 1.35. The maximum absolute atomic E-state index is 12.9. The van der Waals surface area contributed by atoms with Gasteiger partial charge in [-0.3, -0.25) is 23.9 Å². The van der Waals surface area contributed by atoms with Gasteiger partial charge in [-0.2, -0.15) is 0 Å². The van der Waals surface area contributed by atoms with Gasteiger partial charge in [0.15, 0.2) is 0 Å². The van der Waals surface area contributed by atoms with Crippen LogP contribution in [-0.4, -0.2) is 62.3 Å². The van der Waals surface area contributed by atoms with Gasteiger partial charge >= 0.3 is 5.69 Å². The summed E-state index contributed by atoms with van der Waals surface area (Å²) in [5.41, 5.74) is 0.705. The molecule has 0 spiro atoms. The van der Waals surface area contributed by atoms with E-state index in [2.05, 4.69) is 10.3 Å². The van der Waals surface area contributed by atoms with Gasteiger partial charge in [-0.05, 0) is 25.5 Å². The third-order valence-electron chi connectivity index (χ3n) is 5.25. The van der Waals surface area contributed by atoms with E-state index in [9.17, 15) is 24.3 Å². The summed E-state index contributed by atoms with van der Waals surface area (Å²) in [5, 5.41) is 12.5. The lowest BCUT2D eigenvalue weighted by molar-refractivity contribution is -0.129. The van der Waals surface area contributed by atoms with Gasteiger partial charge in [0.05, 0.1) is 0 Å². The summed E-state index contributed by atoms with van der Waals surface area (Å²) in [6.45, 7) is 4.08. The van der Waals surface area contributed by atoms with Crippen LogP contribution in [0.5, 0.6) is 0 Å². The molecule has 10 nitrogen and oxygen atoms in total. The fourth-order valence-corrected chi connectivity index (χ4v) is 3.30. The lowest BCUT2D eigenvalue weighted by Crippen LogP contribution is -2.52. The number of H-pyrrole nitrogens is 1. The summed E-state index contributed by atoms with van der Waals surface area (Å²) in [6, 6.07) is 9.36. The highest BCUT2D eigenvalue weighted by Gasteiger charge is 2.23. The highest BCUT2D eigenvalue weighted by Crippen LogP contribution is 2.09. The molecule has 0 fully saturated rings. The largest absolute Gasteiger partial charge is 0.356 e. The number of hydrogen-bond acceptors (Lipinski definition) is 6. The van der Waals surface area contributed by atoms with Gasteiger partial charge in [-0.25, -0.2) is 4.79 Å². The van der Waals surface area contributed by atoms with Gasteiger partial charge in [-0.1, -0.05) is 30.3 Å². The van der Waals surface area contributed by atoms with Crippen molar-refractivity contribution in [1.29, 1.82) is 0 Å². The molecule has 2 amide bonds. The molecule has 33 heavy (non-hydrogen) atoms. The van der Waals surface area contributed by atoms with Crippen LogP contribution in [0.1, 0.15) is 18.1 Å². The smallest absolute Gasteiger partial charge is 0.328 e. The van der Waals surface area contributed by atoms with E-state index >= 15 is 0 Å². The predicted molar refractivity (Wildman–Crippen MR) is 123 cm³/mol. The molecule has 0 saturated heterocycles. The van der Waals surface area contributed by atoms with Crippen LogP contribution in [0.3, 0.4) is 0 Å². The van der Waals surface area contributed by atoms with Crippen molar-refractivity contribution in [3.8, 4) is 0 Å². The molecule has 1 unspecified atom stereocenters. The third kappa shape index (κ3) is 6.30. The van der Waals surface area contributed by atoms with Crippen molar-refractivity contribution in [2.24, 2.45) is 0 Å². The Kier molecular flexibility index (Phi) is 7.62. The molecule has 0 bridgehead atoms. The number of amides is 2.